The van der Waals surface area contributed by atoms with Crippen LogP contribution in [0, 0.1) is 0 Å². The lowest BCUT2D eigenvalue weighted by molar-refractivity contribution is -0.161. The lowest BCUT2D eigenvalue weighted by Gasteiger charge is -2.19. The molecule has 2 unspecified atom stereocenters. The van der Waals surface area contributed by atoms with Crippen LogP contribution in [0.3, 0.4) is 0 Å². The summed E-state index contributed by atoms with van der Waals surface area (Å²) in [5.74, 6) is -0.852. The molecule has 0 bridgehead atoms. The summed E-state index contributed by atoms with van der Waals surface area (Å²) >= 11 is 0. The first-order valence-electron chi connectivity index (χ1n) is 28.0. The highest BCUT2D eigenvalue weighted by Gasteiger charge is 2.26. The molecule has 10 heteroatoms. The van der Waals surface area contributed by atoms with Crippen molar-refractivity contribution in [2.75, 3.05) is 26.4 Å². The standard InChI is InChI=1S/C61H102NO8P/c1-3-5-7-9-11-13-15-17-18-19-20-21-22-23-24-25-26-27-28-29-30-31-32-33-34-35-36-37-38-39-40-42-44-46-48-50-52-54-61(64)70-59(58-69-71(65,66)68-56-55-62)57-67-60(63)53-51-49-47-45-43-41-16-14-12-10-8-6-4-2/h5,7,11,13-14,16-18,20-21,23-24,26-27,29-30,32-33,35-36,59H,3-4,6,8-10,12,15,19,22,25,28,31,34,37-58,62H2,1-2H3,(H,65,66)/b7-5-,13-11-,16-14-,18-17-,21-20-,24-23-,27-26-,30-29-,33-32-,36-35-. The summed E-state index contributed by atoms with van der Waals surface area (Å²) in [6, 6.07) is 0. The summed E-state index contributed by atoms with van der Waals surface area (Å²) in [5, 5.41) is 0. The largest absolute Gasteiger partial charge is 0.472 e. The molecule has 0 aromatic carbocycles. The highest BCUT2D eigenvalue weighted by atomic mass is 31.2. The maximum Gasteiger partial charge on any atom is 0.472 e. The number of phosphoric acid groups is 1. The molecule has 0 saturated carbocycles. The molecule has 0 fully saturated rings. The molecule has 71 heavy (non-hydrogen) atoms. The van der Waals surface area contributed by atoms with Crippen LogP contribution in [-0.2, 0) is 32.7 Å². The zero-order valence-corrected chi connectivity index (χ0v) is 45.8. The Labute approximate surface area is 434 Å². The van der Waals surface area contributed by atoms with E-state index in [0.29, 0.717) is 6.42 Å². The Morgan fingerprint density at radius 2 is 0.775 bits per heavy atom. The fourth-order valence-corrected chi connectivity index (χ4v) is 7.98. The second-order valence-corrected chi connectivity index (χ2v) is 19.5. The van der Waals surface area contributed by atoms with Crippen molar-refractivity contribution in [3.63, 3.8) is 0 Å². The monoisotopic (exact) mass is 1010 g/mol. The van der Waals surface area contributed by atoms with Gasteiger partial charge >= 0.3 is 19.8 Å². The summed E-state index contributed by atoms with van der Waals surface area (Å²) in [6.07, 6.45) is 76.8. The van der Waals surface area contributed by atoms with Crippen molar-refractivity contribution in [3.05, 3.63) is 122 Å². The van der Waals surface area contributed by atoms with Crippen LogP contribution in [-0.4, -0.2) is 49.3 Å². The zero-order valence-electron chi connectivity index (χ0n) is 44.9. The second-order valence-electron chi connectivity index (χ2n) is 18.1. The maximum atomic E-state index is 12.7. The molecule has 0 heterocycles. The van der Waals surface area contributed by atoms with E-state index in [2.05, 4.69) is 135 Å². The molecule has 0 aromatic rings. The smallest absolute Gasteiger partial charge is 0.462 e. The number of hydrogen-bond acceptors (Lipinski definition) is 8. The summed E-state index contributed by atoms with van der Waals surface area (Å²) in [4.78, 5) is 35.0. The number of rotatable bonds is 51. The van der Waals surface area contributed by atoms with Gasteiger partial charge in [-0.2, -0.15) is 0 Å². The lowest BCUT2D eigenvalue weighted by atomic mass is 10.1. The van der Waals surface area contributed by atoms with Crippen molar-refractivity contribution in [1.82, 2.24) is 0 Å². The van der Waals surface area contributed by atoms with Gasteiger partial charge in [0.1, 0.15) is 6.61 Å². The highest BCUT2D eigenvalue weighted by Crippen LogP contribution is 2.43. The Morgan fingerprint density at radius 1 is 0.437 bits per heavy atom. The first kappa shape index (κ1) is 67.4. The van der Waals surface area contributed by atoms with Crippen LogP contribution in [0.25, 0.3) is 0 Å². The van der Waals surface area contributed by atoms with E-state index < -0.39 is 32.5 Å². The van der Waals surface area contributed by atoms with Crippen molar-refractivity contribution in [2.45, 2.75) is 225 Å². The van der Waals surface area contributed by atoms with Crippen LogP contribution < -0.4 is 5.73 Å². The molecule has 2 atom stereocenters. The minimum Gasteiger partial charge on any atom is -0.462 e. The van der Waals surface area contributed by atoms with Gasteiger partial charge in [-0.25, -0.2) is 4.57 Å². The predicted octanol–water partition coefficient (Wildman–Crippen LogP) is 17.6. The zero-order chi connectivity index (χ0) is 51.7. The number of carbonyl (C=O) groups is 2. The Bertz CT molecular complexity index is 1570. The minimum atomic E-state index is -4.39. The highest BCUT2D eigenvalue weighted by molar-refractivity contribution is 7.47. The number of unbranched alkanes of at least 4 members (excludes halogenated alkanes) is 18. The SMILES string of the molecule is CC/C=C\C/C=C\C/C=C\C/C=C\C/C=C\C/C=C\C/C=C\C/C=C\C/C=C\CCCCCCCCCCCC(=O)OC(COC(=O)CCCCCCC/C=C\CCCCCC)COP(=O)(O)OCCN. The fourth-order valence-electron chi connectivity index (χ4n) is 7.21. The third-order valence-corrected chi connectivity index (χ3v) is 12.3. The molecular weight excluding hydrogens is 906 g/mol. The third kappa shape index (κ3) is 55.6. The van der Waals surface area contributed by atoms with Gasteiger partial charge in [0.15, 0.2) is 6.10 Å². The number of nitrogens with two attached hydrogens (primary N) is 1. The van der Waals surface area contributed by atoms with Crippen LogP contribution in [0.15, 0.2) is 122 Å². The second kappa shape index (κ2) is 55.7. The van der Waals surface area contributed by atoms with Gasteiger partial charge in [0.05, 0.1) is 13.2 Å². The van der Waals surface area contributed by atoms with E-state index in [-0.39, 0.29) is 32.6 Å². The van der Waals surface area contributed by atoms with E-state index in [4.69, 9.17) is 24.3 Å². The molecule has 0 aliphatic carbocycles. The van der Waals surface area contributed by atoms with Gasteiger partial charge in [0, 0.05) is 19.4 Å². The first-order chi connectivity index (χ1) is 34.8. The Kier molecular flexibility index (Phi) is 52.9. The van der Waals surface area contributed by atoms with Gasteiger partial charge < -0.3 is 20.1 Å². The topological polar surface area (TPSA) is 134 Å². The molecule has 404 valence electrons. The van der Waals surface area contributed by atoms with Crippen molar-refractivity contribution in [3.8, 4) is 0 Å². The van der Waals surface area contributed by atoms with E-state index in [0.717, 1.165) is 122 Å². The van der Waals surface area contributed by atoms with Gasteiger partial charge in [-0.1, -0.05) is 219 Å². The normalized spacial score (nSPS) is 14.0. The Hall–Kier alpha value is -3.59. The van der Waals surface area contributed by atoms with Gasteiger partial charge in [0.2, 0.25) is 0 Å². The number of carbonyl (C=O) groups excluding carboxylic acids is 2. The summed E-state index contributed by atoms with van der Waals surface area (Å²) in [7, 11) is -4.39. The maximum absolute atomic E-state index is 12.7. The van der Waals surface area contributed by atoms with E-state index in [1.807, 2.05) is 0 Å². The van der Waals surface area contributed by atoms with Gasteiger partial charge in [0.25, 0.3) is 0 Å². The van der Waals surface area contributed by atoms with Crippen molar-refractivity contribution in [2.24, 2.45) is 5.73 Å². The van der Waals surface area contributed by atoms with E-state index in [1.165, 1.54) is 64.2 Å². The molecule has 0 spiro atoms. The molecular formula is C61H102NO8P. The molecule has 0 aromatic heterocycles. The number of hydrogen-bond donors (Lipinski definition) is 2. The first-order valence-corrected chi connectivity index (χ1v) is 29.5. The molecule has 9 nitrogen and oxygen atoms in total. The molecule has 0 saturated heterocycles. The van der Waals surface area contributed by atoms with Crippen LogP contribution in [0.5, 0.6) is 0 Å². The van der Waals surface area contributed by atoms with Gasteiger partial charge in [-0.3, -0.25) is 18.6 Å². The van der Waals surface area contributed by atoms with Crippen LogP contribution in [0.2, 0.25) is 0 Å². The van der Waals surface area contributed by atoms with Gasteiger partial charge in [-0.15, -0.1) is 0 Å². The number of esters is 2. The predicted molar refractivity (Wildman–Crippen MR) is 302 cm³/mol. The van der Waals surface area contributed by atoms with Crippen LogP contribution >= 0.6 is 7.82 Å². The molecule has 0 aliphatic heterocycles. The van der Waals surface area contributed by atoms with Crippen molar-refractivity contribution in [1.29, 1.82) is 0 Å². The summed E-state index contributed by atoms with van der Waals surface area (Å²) in [6.45, 7) is 3.58. The van der Waals surface area contributed by atoms with E-state index in [1.54, 1.807) is 0 Å². The number of ether oxygens (including phenoxy) is 2. The average Bonchev–Trinajstić information content (AvgIpc) is 3.36. The molecule has 0 aliphatic rings. The van der Waals surface area contributed by atoms with E-state index in [9.17, 15) is 19.0 Å². The Balaban J connectivity index is 3.99. The van der Waals surface area contributed by atoms with Crippen molar-refractivity contribution < 1.29 is 37.6 Å². The van der Waals surface area contributed by atoms with Crippen LogP contribution in [0.1, 0.15) is 219 Å². The fraction of sp³-hybridized carbons (Fsp3) is 0.639. The molecule has 0 radical (unpaired) electrons. The average molecular weight is 1010 g/mol. The third-order valence-electron chi connectivity index (χ3n) is 11.3. The van der Waals surface area contributed by atoms with Crippen LogP contribution in [0.4, 0.5) is 0 Å². The lowest BCUT2D eigenvalue weighted by Crippen LogP contribution is -2.29. The summed E-state index contributed by atoms with van der Waals surface area (Å²) in [5.41, 5.74) is 5.37. The Morgan fingerprint density at radius 3 is 1.17 bits per heavy atom. The molecule has 0 amide bonds. The number of allylic oxidation sites excluding steroid dienone is 20. The minimum absolute atomic E-state index is 0.0460. The summed E-state index contributed by atoms with van der Waals surface area (Å²) < 4.78 is 32.9. The number of phosphoric ester groups is 1. The molecule has 3 N–H and O–H groups in total. The van der Waals surface area contributed by atoms with Crippen molar-refractivity contribution >= 4 is 19.8 Å². The quantitative estimate of drug-likeness (QED) is 0.0264. The molecule has 0 rings (SSSR count). The van der Waals surface area contributed by atoms with E-state index >= 15 is 0 Å². The van der Waals surface area contributed by atoms with Gasteiger partial charge in [-0.05, 0) is 109 Å².